The van der Waals surface area contributed by atoms with E-state index in [0.717, 1.165) is 36.3 Å². The number of hydrogen-bond donors (Lipinski definition) is 2. The van der Waals surface area contributed by atoms with Crippen LogP contribution in [0.3, 0.4) is 0 Å². The molecule has 1 aromatic carbocycles. The molecule has 5 heteroatoms. The van der Waals surface area contributed by atoms with Gasteiger partial charge in [-0.1, -0.05) is 13.0 Å². The smallest absolute Gasteiger partial charge is 0.231 e. The number of aliphatic imine (C=N–C) groups is 1. The highest BCUT2D eigenvalue weighted by molar-refractivity contribution is 5.80. The summed E-state index contributed by atoms with van der Waals surface area (Å²) in [4.78, 5) is 4.24. The number of guanidine groups is 1. The van der Waals surface area contributed by atoms with Crippen LogP contribution in [0.15, 0.2) is 23.2 Å². The van der Waals surface area contributed by atoms with Gasteiger partial charge in [0, 0.05) is 19.6 Å². The molecule has 1 aromatic rings. The number of hydrogen-bond acceptors (Lipinski definition) is 3. The Morgan fingerprint density at radius 1 is 1.35 bits per heavy atom. The van der Waals surface area contributed by atoms with Crippen LogP contribution in [-0.2, 0) is 6.42 Å². The standard InChI is InChI=1S/C15H21N3O2/c1-10-7-12(10)18-15(16-2)17-6-5-11-3-4-13-14(8-11)20-9-19-13/h3-4,8,10,12H,5-7,9H2,1-2H3,(H2,16,17,18). The molecule has 20 heavy (non-hydrogen) atoms. The van der Waals surface area contributed by atoms with Crippen molar-refractivity contribution in [3.8, 4) is 11.5 Å². The summed E-state index contributed by atoms with van der Waals surface area (Å²) in [6.45, 7) is 3.42. The van der Waals surface area contributed by atoms with Crippen molar-refractivity contribution in [3.63, 3.8) is 0 Å². The third-order valence-corrected chi connectivity index (χ3v) is 3.80. The maximum Gasteiger partial charge on any atom is 0.231 e. The Balaban J connectivity index is 1.47. The molecule has 0 saturated heterocycles. The van der Waals surface area contributed by atoms with Crippen molar-refractivity contribution in [1.29, 1.82) is 0 Å². The van der Waals surface area contributed by atoms with Gasteiger partial charge < -0.3 is 20.1 Å². The summed E-state index contributed by atoms with van der Waals surface area (Å²) in [6, 6.07) is 6.68. The first kappa shape index (κ1) is 13.1. The normalized spacial score (nSPS) is 23.6. The van der Waals surface area contributed by atoms with Gasteiger partial charge in [-0.2, -0.15) is 0 Å². The van der Waals surface area contributed by atoms with Crippen molar-refractivity contribution in [1.82, 2.24) is 10.6 Å². The molecular formula is C15H21N3O2. The van der Waals surface area contributed by atoms with Crippen molar-refractivity contribution in [2.24, 2.45) is 10.9 Å². The van der Waals surface area contributed by atoms with Crippen molar-refractivity contribution < 1.29 is 9.47 Å². The summed E-state index contributed by atoms with van der Waals surface area (Å²) >= 11 is 0. The van der Waals surface area contributed by atoms with Crippen LogP contribution >= 0.6 is 0 Å². The van der Waals surface area contributed by atoms with Crippen LogP contribution < -0.4 is 20.1 Å². The highest BCUT2D eigenvalue weighted by Gasteiger charge is 2.33. The minimum Gasteiger partial charge on any atom is -0.454 e. The average Bonchev–Trinajstić information content (AvgIpc) is 2.96. The van der Waals surface area contributed by atoms with Crippen LogP contribution in [0.5, 0.6) is 11.5 Å². The topological polar surface area (TPSA) is 54.9 Å². The summed E-state index contributed by atoms with van der Waals surface area (Å²) in [5, 5.41) is 6.76. The van der Waals surface area contributed by atoms with E-state index in [1.54, 1.807) is 0 Å². The third-order valence-electron chi connectivity index (χ3n) is 3.80. The van der Waals surface area contributed by atoms with E-state index in [1.165, 1.54) is 12.0 Å². The van der Waals surface area contributed by atoms with Gasteiger partial charge in [0.05, 0.1) is 0 Å². The molecule has 3 rings (SSSR count). The minimum absolute atomic E-state index is 0.327. The second-order valence-electron chi connectivity index (χ2n) is 5.40. The van der Waals surface area contributed by atoms with Crippen molar-refractivity contribution in [2.45, 2.75) is 25.8 Å². The van der Waals surface area contributed by atoms with Gasteiger partial charge in [-0.25, -0.2) is 0 Å². The number of fused-ring (bicyclic) bond motifs is 1. The highest BCUT2D eigenvalue weighted by atomic mass is 16.7. The fraction of sp³-hybridized carbons (Fsp3) is 0.533. The molecule has 1 aliphatic carbocycles. The van der Waals surface area contributed by atoms with E-state index in [2.05, 4.69) is 28.6 Å². The Morgan fingerprint density at radius 3 is 2.90 bits per heavy atom. The predicted octanol–water partition coefficient (Wildman–Crippen LogP) is 1.53. The lowest BCUT2D eigenvalue weighted by Gasteiger charge is -2.11. The first-order valence-electron chi connectivity index (χ1n) is 7.12. The van der Waals surface area contributed by atoms with Crippen LogP contribution in [0, 0.1) is 5.92 Å². The molecule has 0 aromatic heterocycles. The number of nitrogens with one attached hydrogen (secondary N) is 2. The van der Waals surface area contributed by atoms with E-state index in [-0.39, 0.29) is 0 Å². The fourth-order valence-electron chi connectivity index (χ4n) is 2.32. The monoisotopic (exact) mass is 275 g/mol. The van der Waals surface area contributed by atoms with Crippen LogP contribution in [-0.4, -0.2) is 32.4 Å². The Labute approximate surface area is 119 Å². The fourth-order valence-corrected chi connectivity index (χ4v) is 2.32. The SMILES string of the molecule is CN=C(NCCc1ccc2c(c1)OCO2)NC1CC1C. The van der Waals surface area contributed by atoms with Crippen molar-refractivity contribution in [2.75, 3.05) is 20.4 Å². The first-order chi connectivity index (χ1) is 9.76. The zero-order valence-corrected chi connectivity index (χ0v) is 12.0. The number of benzene rings is 1. The molecule has 2 unspecified atom stereocenters. The van der Waals surface area contributed by atoms with Gasteiger partial charge in [-0.15, -0.1) is 0 Å². The summed E-state index contributed by atoms with van der Waals surface area (Å²) in [5.41, 5.74) is 1.23. The Hall–Kier alpha value is -1.91. The third kappa shape index (κ3) is 2.98. The maximum atomic E-state index is 5.38. The predicted molar refractivity (Wildman–Crippen MR) is 78.3 cm³/mol. The molecule has 2 N–H and O–H groups in total. The second-order valence-corrected chi connectivity index (χ2v) is 5.40. The van der Waals surface area contributed by atoms with Gasteiger partial charge >= 0.3 is 0 Å². The van der Waals surface area contributed by atoms with Crippen molar-refractivity contribution in [3.05, 3.63) is 23.8 Å². The quantitative estimate of drug-likeness (QED) is 0.646. The summed E-state index contributed by atoms with van der Waals surface area (Å²) in [5.74, 6) is 3.33. The minimum atomic E-state index is 0.327. The Bertz CT molecular complexity index is 516. The second kappa shape index (κ2) is 5.61. The van der Waals surface area contributed by atoms with E-state index >= 15 is 0 Å². The van der Waals surface area contributed by atoms with Gasteiger partial charge in [0.25, 0.3) is 0 Å². The molecule has 1 heterocycles. The highest BCUT2D eigenvalue weighted by Crippen LogP contribution is 2.32. The number of rotatable bonds is 4. The molecule has 108 valence electrons. The number of nitrogens with zero attached hydrogens (tertiary/aromatic N) is 1. The number of ether oxygens (including phenoxy) is 2. The van der Waals surface area contributed by atoms with Crippen LogP contribution in [0.4, 0.5) is 0 Å². The van der Waals surface area contributed by atoms with Crippen LogP contribution in [0.25, 0.3) is 0 Å². The molecule has 5 nitrogen and oxygen atoms in total. The molecule has 0 spiro atoms. The van der Waals surface area contributed by atoms with Gasteiger partial charge in [-0.05, 0) is 36.5 Å². The Morgan fingerprint density at radius 2 is 2.15 bits per heavy atom. The van der Waals surface area contributed by atoms with E-state index in [4.69, 9.17) is 9.47 Å². The summed E-state index contributed by atoms with van der Waals surface area (Å²) < 4.78 is 10.7. The lowest BCUT2D eigenvalue weighted by molar-refractivity contribution is 0.174. The van der Waals surface area contributed by atoms with Crippen LogP contribution in [0.2, 0.25) is 0 Å². The van der Waals surface area contributed by atoms with Gasteiger partial charge in [0.2, 0.25) is 6.79 Å². The van der Waals surface area contributed by atoms with Gasteiger partial charge in [-0.3, -0.25) is 4.99 Å². The maximum absolute atomic E-state index is 5.38. The lowest BCUT2D eigenvalue weighted by atomic mass is 10.1. The van der Waals surface area contributed by atoms with E-state index in [1.807, 2.05) is 19.2 Å². The molecular weight excluding hydrogens is 254 g/mol. The molecule has 1 fully saturated rings. The average molecular weight is 275 g/mol. The molecule has 2 aliphatic rings. The largest absolute Gasteiger partial charge is 0.454 e. The van der Waals surface area contributed by atoms with E-state index in [0.29, 0.717) is 12.8 Å². The molecule has 2 atom stereocenters. The van der Waals surface area contributed by atoms with E-state index in [9.17, 15) is 0 Å². The Kier molecular flexibility index (Phi) is 3.67. The first-order valence-corrected chi connectivity index (χ1v) is 7.12. The molecule has 1 saturated carbocycles. The summed E-state index contributed by atoms with van der Waals surface area (Å²) in [6.07, 6.45) is 2.17. The zero-order chi connectivity index (χ0) is 13.9. The summed E-state index contributed by atoms with van der Waals surface area (Å²) in [7, 11) is 1.81. The van der Waals surface area contributed by atoms with Gasteiger partial charge in [0.1, 0.15) is 0 Å². The van der Waals surface area contributed by atoms with Crippen LogP contribution in [0.1, 0.15) is 18.9 Å². The molecule has 0 amide bonds. The lowest BCUT2D eigenvalue weighted by Crippen LogP contribution is -2.39. The molecule has 1 aliphatic heterocycles. The van der Waals surface area contributed by atoms with Crippen molar-refractivity contribution >= 4 is 5.96 Å². The molecule has 0 bridgehead atoms. The zero-order valence-electron chi connectivity index (χ0n) is 12.0. The molecule has 0 radical (unpaired) electrons. The van der Waals surface area contributed by atoms with E-state index < -0.39 is 0 Å². The van der Waals surface area contributed by atoms with Gasteiger partial charge in [0.15, 0.2) is 17.5 Å².